The lowest BCUT2D eigenvalue weighted by atomic mass is 10.1. The van der Waals surface area contributed by atoms with Crippen LogP contribution in [0.15, 0.2) is 34.9 Å². The summed E-state index contributed by atoms with van der Waals surface area (Å²) in [5.41, 5.74) is 6.87. The van der Waals surface area contributed by atoms with E-state index in [1.54, 1.807) is 6.26 Å². The van der Waals surface area contributed by atoms with Gasteiger partial charge in [-0.3, -0.25) is 4.79 Å². The molecule has 0 unspecified atom stereocenters. The molecule has 0 spiro atoms. The molecule has 118 valence electrons. The number of carbonyl (C=O) groups excluding carboxylic acids is 1. The van der Waals surface area contributed by atoms with Gasteiger partial charge in [0.25, 0.3) is 5.91 Å². The molecule has 1 amide bonds. The van der Waals surface area contributed by atoms with Gasteiger partial charge in [0.1, 0.15) is 11.8 Å². The van der Waals surface area contributed by atoms with Gasteiger partial charge in [0.15, 0.2) is 0 Å². The van der Waals surface area contributed by atoms with E-state index in [1.165, 1.54) is 0 Å². The second kappa shape index (κ2) is 6.94. The van der Waals surface area contributed by atoms with Crippen LogP contribution in [0.25, 0.3) is 11.0 Å². The maximum atomic E-state index is 12.7. The Kier molecular flexibility index (Phi) is 4.75. The zero-order valence-electron chi connectivity index (χ0n) is 12.7. The van der Waals surface area contributed by atoms with Crippen LogP contribution in [0.1, 0.15) is 29.6 Å². The Bertz CT molecular complexity index is 630. The number of benzene rings is 1. The number of hydrogen-bond donors (Lipinski definition) is 1. The summed E-state index contributed by atoms with van der Waals surface area (Å²) in [5.74, 6) is 0.0466. The number of nitrogens with two attached hydrogens (primary N) is 1. The minimum atomic E-state index is 0.0466. The Labute approximate surface area is 130 Å². The highest BCUT2D eigenvalue weighted by Gasteiger charge is 2.25. The van der Waals surface area contributed by atoms with Crippen LogP contribution >= 0.6 is 0 Å². The lowest BCUT2D eigenvalue weighted by Gasteiger charge is -2.31. The number of likely N-dealkylation sites (tertiary alicyclic amines) is 1. The number of rotatable bonds is 5. The average molecular weight is 302 g/mol. The average Bonchev–Trinajstić information content (AvgIpc) is 2.99. The van der Waals surface area contributed by atoms with Crippen molar-refractivity contribution in [2.24, 2.45) is 5.73 Å². The van der Waals surface area contributed by atoms with Gasteiger partial charge in [-0.1, -0.05) is 18.2 Å². The highest BCUT2D eigenvalue weighted by molar-refractivity contribution is 6.05. The van der Waals surface area contributed by atoms with Gasteiger partial charge in [-0.2, -0.15) is 0 Å². The number of hydrogen-bond acceptors (Lipinski definition) is 4. The molecular weight excluding hydrogens is 280 g/mol. The number of ether oxygens (including phenoxy) is 1. The van der Waals surface area contributed by atoms with Crippen LogP contribution in [-0.2, 0) is 4.74 Å². The first-order valence-electron chi connectivity index (χ1n) is 7.87. The van der Waals surface area contributed by atoms with Gasteiger partial charge < -0.3 is 19.8 Å². The molecule has 0 aliphatic carbocycles. The summed E-state index contributed by atoms with van der Waals surface area (Å²) < 4.78 is 11.2. The van der Waals surface area contributed by atoms with E-state index in [2.05, 4.69) is 0 Å². The first kappa shape index (κ1) is 15.1. The van der Waals surface area contributed by atoms with Crippen LogP contribution in [0, 0.1) is 0 Å². The number of nitrogens with zero attached hydrogens (tertiary/aromatic N) is 1. The zero-order chi connectivity index (χ0) is 15.4. The summed E-state index contributed by atoms with van der Waals surface area (Å²) in [6.07, 6.45) is 4.46. The monoisotopic (exact) mass is 302 g/mol. The molecule has 5 nitrogen and oxygen atoms in total. The van der Waals surface area contributed by atoms with E-state index < -0.39 is 0 Å². The number of fused-ring (bicyclic) bond motifs is 1. The lowest BCUT2D eigenvalue weighted by molar-refractivity contribution is 0.00848. The fraction of sp³-hybridized carbons (Fsp3) is 0.471. The van der Waals surface area contributed by atoms with Crippen molar-refractivity contribution in [3.8, 4) is 0 Å². The van der Waals surface area contributed by atoms with E-state index in [1.807, 2.05) is 29.2 Å². The fourth-order valence-electron chi connectivity index (χ4n) is 2.87. The van der Waals surface area contributed by atoms with Gasteiger partial charge in [-0.25, -0.2) is 0 Å². The molecule has 2 aromatic rings. The second-order valence-electron chi connectivity index (χ2n) is 5.65. The van der Waals surface area contributed by atoms with Gasteiger partial charge in [0.2, 0.25) is 0 Å². The second-order valence-corrected chi connectivity index (χ2v) is 5.65. The summed E-state index contributed by atoms with van der Waals surface area (Å²) in [4.78, 5) is 14.5. The van der Waals surface area contributed by atoms with Gasteiger partial charge in [-0.05, 0) is 31.9 Å². The summed E-state index contributed by atoms with van der Waals surface area (Å²) >= 11 is 0. The zero-order valence-corrected chi connectivity index (χ0v) is 12.7. The van der Waals surface area contributed by atoms with Crippen molar-refractivity contribution in [3.63, 3.8) is 0 Å². The Hall–Kier alpha value is -1.85. The van der Waals surface area contributed by atoms with E-state index >= 15 is 0 Å². The molecule has 2 N–H and O–H groups in total. The Morgan fingerprint density at radius 2 is 2.09 bits per heavy atom. The van der Waals surface area contributed by atoms with Gasteiger partial charge in [-0.15, -0.1) is 0 Å². The fourth-order valence-corrected chi connectivity index (χ4v) is 2.87. The van der Waals surface area contributed by atoms with Crippen molar-refractivity contribution in [3.05, 3.63) is 36.1 Å². The van der Waals surface area contributed by atoms with Crippen LogP contribution < -0.4 is 5.73 Å². The van der Waals surface area contributed by atoms with Crippen LogP contribution in [0.5, 0.6) is 0 Å². The third-order valence-corrected chi connectivity index (χ3v) is 4.14. The predicted octanol–water partition coefficient (Wildman–Crippen LogP) is 2.40. The van der Waals surface area contributed by atoms with Gasteiger partial charge in [0, 0.05) is 25.1 Å². The first-order valence-corrected chi connectivity index (χ1v) is 7.87. The number of carbonyl (C=O) groups is 1. The topological polar surface area (TPSA) is 68.7 Å². The van der Waals surface area contributed by atoms with Crippen molar-refractivity contribution in [2.75, 3.05) is 26.2 Å². The molecule has 22 heavy (non-hydrogen) atoms. The molecule has 1 fully saturated rings. The molecule has 0 saturated carbocycles. The number of piperidine rings is 1. The lowest BCUT2D eigenvalue weighted by Crippen LogP contribution is -2.41. The van der Waals surface area contributed by atoms with Crippen molar-refractivity contribution in [2.45, 2.75) is 25.4 Å². The maximum Gasteiger partial charge on any atom is 0.257 e. The van der Waals surface area contributed by atoms with E-state index in [9.17, 15) is 4.79 Å². The molecule has 2 heterocycles. The summed E-state index contributed by atoms with van der Waals surface area (Å²) in [6, 6.07) is 7.63. The molecule has 5 heteroatoms. The van der Waals surface area contributed by atoms with Crippen LogP contribution in [-0.4, -0.2) is 43.2 Å². The molecule has 1 aromatic carbocycles. The Balaban J connectivity index is 1.60. The van der Waals surface area contributed by atoms with E-state index in [0.29, 0.717) is 18.7 Å². The maximum absolute atomic E-state index is 12.7. The minimum absolute atomic E-state index is 0.0466. The highest BCUT2D eigenvalue weighted by atomic mass is 16.5. The summed E-state index contributed by atoms with van der Waals surface area (Å²) in [6.45, 7) is 2.82. The van der Waals surface area contributed by atoms with Gasteiger partial charge in [0.05, 0.1) is 11.7 Å². The van der Waals surface area contributed by atoms with Crippen molar-refractivity contribution in [1.82, 2.24) is 4.90 Å². The third-order valence-electron chi connectivity index (χ3n) is 4.14. The molecule has 1 aliphatic rings. The Morgan fingerprint density at radius 3 is 2.86 bits per heavy atom. The first-order chi connectivity index (χ1) is 10.8. The molecule has 0 atom stereocenters. The van der Waals surface area contributed by atoms with Crippen molar-refractivity contribution < 1.29 is 13.9 Å². The molecule has 1 aromatic heterocycles. The summed E-state index contributed by atoms with van der Waals surface area (Å²) in [7, 11) is 0. The van der Waals surface area contributed by atoms with E-state index in [0.717, 1.165) is 43.3 Å². The van der Waals surface area contributed by atoms with Crippen LogP contribution in [0.4, 0.5) is 0 Å². The molecule has 3 rings (SSSR count). The Morgan fingerprint density at radius 1 is 1.32 bits per heavy atom. The third kappa shape index (κ3) is 3.15. The van der Waals surface area contributed by atoms with Crippen LogP contribution in [0.3, 0.4) is 0 Å². The van der Waals surface area contributed by atoms with Gasteiger partial charge >= 0.3 is 0 Å². The predicted molar refractivity (Wildman–Crippen MR) is 84.8 cm³/mol. The molecule has 1 saturated heterocycles. The number of amides is 1. The summed E-state index contributed by atoms with van der Waals surface area (Å²) in [5, 5.41) is 0.883. The highest BCUT2D eigenvalue weighted by Crippen LogP contribution is 2.24. The minimum Gasteiger partial charge on any atom is -0.463 e. The number of furan rings is 1. The molecular formula is C17H22N2O3. The smallest absolute Gasteiger partial charge is 0.257 e. The normalized spacial score (nSPS) is 16.3. The standard InChI is InChI=1S/C17H22N2O3/c18-8-3-11-21-13-6-9-19(10-7-13)17(20)15-12-22-16-5-2-1-4-14(15)16/h1-2,4-5,12-13H,3,6-11,18H2. The van der Waals surface area contributed by atoms with E-state index in [-0.39, 0.29) is 12.0 Å². The quantitative estimate of drug-likeness (QED) is 0.861. The van der Waals surface area contributed by atoms with Crippen LogP contribution in [0.2, 0.25) is 0 Å². The molecule has 0 bridgehead atoms. The largest absolute Gasteiger partial charge is 0.463 e. The van der Waals surface area contributed by atoms with Crippen molar-refractivity contribution in [1.29, 1.82) is 0 Å². The molecule has 1 aliphatic heterocycles. The SMILES string of the molecule is NCCCOC1CCN(C(=O)c2coc3ccccc23)CC1. The molecule has 0 radical (unpaired) electrons. The van der Waals surface area contributed by atoms with Crippen molar-refractivity contribution >= 4 is 16.9 Å². The number of para-hydroxylation sites is 1. The van der Waals surface area contributed by atoms with E-state index in [4.69, 9.17) is 14.9 Å².